The van der Waals surface area contributed by atoms with Gasteiger partial charge >= 0.3 is 0 Å². The largest absolute Gasteiger partial charge is 0.357 e. The average Bonchev–Trinajstić information content (AvgIpc) is 1.37. The molecule has 0 aromatic heterocycles. The van der Waals surface area contributed by atoms with Crippen LogP contribution in [0.25, 0.3) is 0 Å². The van der Waals surface area contributed by atoms with Gasteiger partial charge in [-0.3, -0.25) is 0 Å². The molecule has 0 aliphatic carbocycles. The first kappa shape index (κ1) is 4.44. The van der Waals surface area contributed by atoms with Crippen molar-refractivity contribution in [2.75, 3.05) is 11.9 Å². The van der Waals surface area contributed by atoms with E-state index in [4.69, 9.17) is 0 Å². The first-order valence-electron chi connectivity index (χ1n) is 1.27. The van der Waals surface area contributed by atoms with Gasteiger partial charge in [-0.2, -0.15) is 0 Å². The van der Waals surface area contributed by atoms with Crippen LogP contribution in [-0.4, -0.2) is 11.9 Å². The van der Waals surface area contributed by atoms with Crippen molar-refractivity contribution in [3.8, 4) is 0 Å². The maximum Gasteiger partial charge on any atom is 0.0838 e. The number of hydrogen-bond donors (Lipinski definition) is 1. The van der Waals surface area contributed by atoms with Crippen molar-refractivity contribution < 1.29 is 5.73 Å². The summed E-state index contributed by atoms with van der Waals surface area (Å²) >= 11 is 3.19. The first-order chi connectivity index (χ1) is 1.91. The van der Waals surface area contributed by atoms with E-state index < -0.39 is 0 Å². The van der Waals surface area contributed by atoms with Crippen LogP contribution in [0.1, 0.15) is 0 Å². The Morgan fingerprint density at radius 3 is 2.00 bits per heavy atom. The highest BCUT2D eigenvalue weighted by atomic mass is 79.9. The number of rotatable bonds is 1. The lowest BCUT2D eigenvalue weighted by Gasteiger charge is -1.64. The van der Waals surface area contributed by atoms with Crippen LogP contribution in [0, 0.1) is 0 Å². The quantitative estimate of drug-likeness (QED) is 0.463. The van der Waals surface area contributed by atoms with Gasteiger partial charge in [-0.25, -0.2) is 0 Å². The smallest absolute Gasteiger partial charge is 0.0838 e. The Morgan fingerprint density at radius 1 is 1.75 bits per heavy atom. The predicted octanol–water partition coefficient (Wildman–Crippen LogP) is -0.377. The van der Waals surface area contributed by atoms with E-state index >= 15 is 0 Å². The molecule has 26 valence electrons. The third kappa shape index (κ3) is 2.44. The van der Waals surface area contributed by atoms with Gasteiger partial charge in [0.2, 0.25) is 0 Å². The van der Waals surface area contributed by atoms with Crippen molar-refractivity contribution in [2.24, 2.45) is 0 Å². The molecule has 0 atom stereocenters. The molecule has 0 aliphatic rings. The van der Waals surface area contributed by atoms with Crippen molar-refractivity contribution in [3.63, 3.8) is 0 Å². The lowest BCUT2D eigenvalue weighted by molar-refractivity contribution is -0.360. The fourth-order valence-electron chi connectivity index (χ4n) is 0. The summed E-state index contributed by atoms with van der Waals surface area (Å²) in [5.41, 5.74) is 3.56. The Balaban J connectivity index is 1.97. The third-order valence-corrected chi connectivity index (χ3v) is 0.694. The second kappa shape index (κ2) is 3.44. The Bertz CT molecular complexity index is 8.00. The molecule has 0 aromatic carbocycles. The molecule has 2 heteroatoms. The van der Waals surface area contributed by atoms with Crippen molar-refractivity contribution in [2.45, 2.75) is 0 Å². The molecule has 0 rings (SSSR count). The normalized spacial score (nSPS) is 7.50. The molecule has 1 nitrogen and oxygen atoms in total. The van der Waals surface area contributed by atoms with E-state index in [9.17, 15) is 0 Å². The molecule has 3 N–H and O–H groups in total. The van der Waals surface area contributed by atoms with Gasteiger partial charge in [0.05, 0.1) is 11.9 Å². The summed E-state index contributed by atoms with van der Waals surface area (Å²) in [6.45, 7) is 0.986. The van der Waals surface area contributed by atoms with E-state index in [1.54, 1.807) is 0 Å². The van der Waals surface area contributed by atoms with Gasteiger partial charge in [0.1, 0.15) is 0 Å². The van der Waals surface area contributed by atoms with Gasteiger partial charge in [-0.05, 0) is 0 Å². The van der Waals surface area contributed by atoms with E-state index in [1.807, 2.05) is 0 Å². The maximum atomic E-state index is 3.56. The molecule has 0 aromatic rings. The van der Waals surface area contributed by atoms with Gasteiger partial charge in [-0.1, -0.05) is 15.9 Å². The highest BCUT2D eigenvalue weighted by molar-refractivity contribution is 9.09. The first-order valence-corrected chi connectivity index (χ1v) is 2.39. The van der Waals surface area contributed by atoms with Crippen LogP contribution in [0.15, 0.2) is 0 Å². The van der Waals surface area contributed by atoms with Crippen LogP contribution in [-0.2, 0) is 0 Å². The van der Waals surface area contributed by atoms with Crippen LogP contribution < -0.4 is 5.73 Å². The summed E-state index contributed by atoms with van der Waals surface area (Å²) in [7, 11) is 0. The molecule has 0 fully saturated rings. The maximum absolute atomic E-state index is 3.56. The van der Waals surface area contributed by atoms with Crippen LogP contribution in [0.2, 0.25) is 0 Å². The standard InChI is InChI=1S/C2H6BrN/c3-1-2-4/h1-2,4H2/p+1. The zero-order chi connectivity index (χ0) is 3.41. The fourth-order valence-corrected chi connectivity index (χ4v) is 0. The summed E-state index contributed by atoms with van der Waals surface area (Å²) < 4.78 is 0. The van der Waals surface area contributed by atoms with Crippen LogP contribution in [0.3, 0.4) is 0 Å². The molecule has 0 saturated heterocycles. The molecule has 0 bridgehead atoms. The highest BCUT2D eigenvalue weighted by Crippen LogP contribution is 1.66. The summed E-state index contributed by atoms with van der Waals surface area (Å²) in [6, 6.07) is 0. The molecule has 0 aliphatic heterocycles. The second-order valence-corrected chi connectivity index (χ2v) is 1.34. The van der Waals surface area contributed by atoms with Crippen molar-refractivity contribution in [1.29, 1.82) is 0 Å². The van der Waals surface area contributed by atoms with Crippen LogP contribution in [0.5, 0.6) is 0 Å². The van der Waals surface area contributed by atoms with Crippen LogP contribution >= 0.6 is 15.9 Å². The lowest BCUT2D eigenvalue weighted by atomic mass is 10.8. The van der Waals surface area contributed by atoms with Gasteiger partial charge in [0.15, 0.2) is 0 Å². The van der Waals surface area contributed by atoms with E-state index in [0.29, 0.717) is 0 Å². The molecule has 0 amide bonds. The molecule has 0 spiro atoms. The second-order valence-electron chi connectivity index (χ2n) is 0.543. The fraction of sp³-hybridized carbons (Fsp3) is 1.00. The summed E-state index contributed by atoms with van der Waals surface area (Å²) in [4.78, 5) is 0. The highest BCUT2D eigenvalue weighted by Gasteiger charge is 1.62. The number of halogens is 1. The zero-order valence-corrected chi connectivity index (χ0v) is 4.09. The van der Waals surface area contributed by atoms with Gasteiger partial charge in [-0.15, -0.1) is 0 Å². The van der Waals surface area contributed by atoms with E-state index in [1.165, 1.54) is 0 Å². The van der Waals surface area contributed by atoms with E-state index in [2.05, 4.69) is 21.7 Å². The van der Waals surface area contributed by atoms with Crippen molar-refractivity contribution >= 4 is 15.9 Å². The Kier molecular flexibility index (Phi) is 3.82. The Labute approximate surface area is 34.3 Å². The summed E-state index contributed by atoms with van der Waals surface area (Å²) in [5.74, 6) is 0. The van der Waals surface area contributed by atoms with Crippen molar-refractivity contribution in [3.05, 3.63) is 0 Å². The summed E-state index contributed by atoms with van der Waals surface area (Å²) in [5, 5.41) is 1.02. The number of alkyl halides is 1. The van der Waals surface area contributed by atoms with Gasteiger partial charge < -0.3 is 5.73 Å². The topological polar surface area (TPSA) is 27.6 Å². The lowest BCUT2D eigenvalue weighted by Crippen LogP contribution is -2.50. The van der Waals surface area contributed by atoms with Gasteiger partial charge in [0, 0.05) is 0 Å². The molecule has 4 heavy (non-hydrogen) atoms. The number of quaternary nitrogens is 1. The molecule has 0 radical (unpaired) electrons. The minimum Gasteiger partial charge on any atom is -0.357 e. The minimum absolute atomic E-state index is 0.986. The number of hydrogen-bond acceptors (Lipinski definition) is 0. The van der Waals surface area contributed by atoms with E-state index in [-0.39, 0.29) is 0 Å². The zero-order valence-electron chi connectivity index (χ0n) is 2.50. The Morgan fingerprint density at radius 2 is 2.00 bits per heavy atom. The van der Waals surface area contributed by atoms with Crippen LogP contribution in [0.4, 0.5) is 0 Å². The molecular weight excluding hydrogens is 118 g/mol. The monoisotopic (exact) mass is 124 g/mol. The minimum atomic E-state index is 0.986. The van der Waals surface area contributed by atoms with Crippen molar-refractivity contribution in [1.82, 2.24) is 0 Å². The molecule has 0 heterocycles. The predicted molar refractivity (Wildman–Crippen MR) is 21.5 cm³/mol. The van der Waals surface area contributed by atoms with E-state index in [0.717, 1.165) is 11.9 Å². The summed E-state index contributed by atoms with van der Waals surface area (Å²) in [6.07, 6.45) is 0. The third-order valence-electron chi connectivity index (χ3n) is 0.134. The molecular formula is C2H7BrN+. The average molecular weight is 125 g/mol. The van der Waals surface area contributed by atoms with Gasteiger partial charge in [0.25, 0.3) is 0 Å². The molecule has 0 saturated carbocycles. The molecule has 0 unspecified atom stereocenters. The Hall–Kier alpha value is 0.440. The SMILES string of the molecule is [NH3+]CCBr.